The van der Waals surface area contributed by atoms with Gasteiger partial charge in [-0.25, -0.2) is 19.1 Å². The molecule has 1 rings (SSSR count). The minimum Gasteiger partial charge on any atom is -0.444 e. The van der Waals surface area contributed by atoms with Crippen molar-refractivity contribution in [3.8, 4) is 0 Å². The van der Waals surface area contributed by atoms with Gasteiger partial charge in [-0.15, -0.1) is 0 Å². The number of carbonyl (C=O) groups is 2. The maximum atomic E-state index is 11.9. The van der Waals surface area contributed by atoms with Crippen LogP contribution in [-0.4, -0.2) is 39.1 Å². The van der Waals surface area contributed by atoms with Gasteiger partial charge in [-0.3, -0.25) is 0 Å². The number of carbonyl (C=O) groups excluding carboxylic acids is 4. The molecule has 1 atom stereocenters. The average Bonchev–Trinajstić information content (AvgIpc) is 2.84. The summed E-state index contributed by atoms with van der Waals surface area (Å²) < 4.78 is 11.7. The van der Waals surface area contributed by atoms with Crippen molar-refractivity contribution in [2.24, 2.45) is 0 Å². The molecule has 0 aromatic carbocycles. The third kappa shape index (κ3) is 9.93. The molecular weight excluding hydrogens is 330 g/mol. The van der Waals surface area contributed by atoms with Gasteiger partial charge in [-0.05, 0) is 48.5 Å². The summed E-state index contributed by atoms with van der Waals surface area (Å²) in [6.07, 6.45) is 2.08. The molecule has 0 fully saturated rings. The van der Waals surface area contributed by atoms with Crippen LogP contribution in [-0.2, 0) is 19.1 Å². The summed E-state index contributed by atoms with van der Waals surface area (Å²) in [5.41, 5.74) is -0.613. The number of alkyl carbamates (subject to hydrolysis) is 1. The molecule has 0 saturated carbocycles. The van der Waals surface area contributed by atoms with Crippen LogP contribution in [0.3, 0.4) is 0 Å². The van der Waals surface area contributed by atoms with Crippen LogP contribution in [0.25, 0.3) is 0 Å². The largest absolute Gasteiger partial charge is 0.444 e. The second-order valence-electron chi connectivity index (χ2n) is 7.14. The summed E-state index contributed by atoms with van der Waals surface area (Å²) in [5, 5.41) is 2.66. The number of ether oxygens (including phenoxy) is 2. The number of rotatable bonds is 2. The van der Waals surface area contributed by atoms with E-state index in [-0.39, 0.29) is 6.15 Å². The molecule has 1 N–H and O–H groups in total. The summed E-state index contributed by atoms with van der Waals surface area (Å²) in [6.45, 7) is 12.5. The van der Waals surface area contributed by atoms with Crippen LogP contribution in [0.4, 0.5) is 9.59 Å². The van der Waals surface area contributed by atoms with Crippen molar-refractivity contribution in [3.63, 3.8) is 0 Å². The molecule has 1 unspecified atom stereocenters. The van der Waals surface area contributed by atoms with Gasteiger partial charge in [0.25, 0.3) is 0 Å². The maximum absolute atomic E-state index is 11.9. The molecular formula is C16H25N3O6. The van der Waals surface area contributed by atoms with Crippen LogP contribution in [0, 0.1) is 0 Å². The number of aromatic nitrogens is 2. The van der Waals surface area contributed by atoms with E-state index in [4.69, 9.17) is 19.1 Å². The lowest BCUT2D eigenvalue weighted by molar-refractivity contribution is -0.191. The van der Waals surface area contributed by atoms with E-state index in [1.54, 1.807) is 48.5 Å². The van der Waals surface area contributed by atoms with Gasteiger partial charge < -0.3 is 14.8 Å². The third-order valence-corrected chi connectivity index (χ3v) is 2.38. The smallest absolute Gasteiger partial charge is 0.419 e. The molecule has 140 valence electrons. The van der Waals surface area contributed by atoms with E-state index in [1.165, 1.54) is 17.1 Å². The molecule has 0 spiro atoms. The molecule has 0 saturated heterocycles. The Labute approximate surface area is 146 Å². The van der Waals surface area contributed by atoms with E-state index in [1.807, 2.05) is 0 Å². The molecule has 9 nitrogen and oxygen atoms in total. The first-order valence-corrected chi connectivity index (χ1v) is 7.55. The second kappa shape index (κ2) is 8.98. The summed E-state index contributed by atoms with van der Waals surface area (Å²) >= 11 is 0. The van der Waals surface area contributed by atoms with E-state index >= 15 is 0 Å². The molecule has 9 heteroatoms. The van der Waals surface area contributed by atoms with E-state index in [9.17, 15) is 9.59 Å². The zero-order valence-electron chi connectivity index (χ0n) is 15.6. The van der Waals surface area contributed by atoms with Gasteiger partial charge in [0.15, 0.2) is 0 Å². The van der Waals surface area contributed by atoms with Crippen molar-refractivity contribution in [1.29, 1.82) is 0 Å². The molecule has 0 aliphatic carbocycles. The summed E-state index contributed by atoms with van der Waals surface area (Å²) in [4.78, 5) is 44.0. The predicted molar refractivity (Wildman–Crippen MR) is 86.7 cm³/mol. The summed E-state index contributed by atoms with van der Waals surface area (Å²) in [7, 11) is 0. The van der Waals surface area contributed by atoms with E-state index in [2.05, 4.69) is 10.3 Å². The van der Waals surface area contributed by atoms with Gasteiger partial charge in [0.05, 0.1) is 11.7 Å². The summed E-state index contributed by atoms with van der Waals surface area (Å²) in [5.74, 6) is 0. The first kappa shape index (κ1) is 22.3. The molecule has 0 radical (unpaired) electrons. The summed E-state index contributed by atoms with van der Waals surface area (Å²) in [6, 6.07) is -0.390. The minimum atomic E-state index is -0.581. The van der Waals surface area contributed by atoms with Gasteiger partial charge in [-0.1, -0.05) is 0 Å². The first-order valence-electron chi connectivity index (χ1n) is 7.55. The third-order valence-electron chi connectivity index (χ3n) is 2.38. The van der Waals surface area contributed by atoms with Gasteiger partial charge in [-0.2, -0.15) is 9.59 Å². The fourth-order valence-electron chi connectivity index (χ4n) is 1.53. The van der Waals surface area contributed by atoms with E-state index in [0.717, 1.165) is 0 Å². The molecule has 1 amide bonds. The lowest BCUT2D eigenvalue weighted by Crippen LogP contribution is -2.34. The van der Waals surface area contributed by atoms with Crippen molar-refractivity contribution < 1.29 is 28.7 Å². The number of amides is 1. The van der Waals surface area contributed by atoms with Crippen molar-refractivity contribution in [1.82, 2.24) is 14.9 Å². The van der Waals surface area contributed by atoms with Crippen LogP contribution in [0.5, 0.6) is 0 Å². The zero-order valence-corrected chi connectivity index (χ0v) is 15.6. The normalized spacial score (nSPS) is 12.1. The standard InChI is InChI=1S/C15H25N3O4.CO2/c1-10(17-12(19)21-14(2,3)4)11-8-18(9-16-11)13(20)22-15(5,6)7;2-1-3/h8-10H,1-7H3,(H,17,19);. The van der Waals surface area contributed by atoms with Crippen LogP contribution < -0.4 is 5.32 Å². The van der Waals surface area contributed by atoms with Crippen molar-refractivity contribution in [3.05, 3.63) is 18.2 Å². The molecule has 1 aromatic heterocycles. The Hall–Kier alpha value is -2.67. The fourth-order valence-corrected chi connectivity index (χ4v) is 1.53. The number of imidazole rings is 1. The molecule has 0 aliphatic rings. The van der Waals surface area contributed by atoms with Gasteiger partial charge in [0.1, 0.15) is 17.5 Å². The Morgan fingerprint density at radius 3 is 2.04 bits per heavy atom. The van der Waals surface area contributed by atoms with Gasteiger partial charge >= 0.3 is 18.3 Å². The highest BCUT2D eigenvalue weighted by Gasteiger charge is 2.21. The van der Waals surface area contributed by atoms with Crippen molar-refractivity contribution >= 4 is 18.3 Å². The van der Waals surface area contributed by atoms with Crippen molar-refractivity contribution in [2.45, 2.75) is 65.7 Å². The monoisotopic (exact) mass is 355 g/mol. The van der Waals surface area contributed by atoms with Crippen LogP contribution in [0.1, 0.15) is 60.2 Å². The Balaban J connectivity index is 0.00000178. The Bertz CT molecular complexity index is 619. The lowest BCUT2D eigenvalue weighted by atomic mass is 10.2. The molecule has 25 heavy (non-hydrogen) atoms. The highest BCUT2D eigenvalue weighted by Crippen LogP contribution is 2.14. The van der Waals surface area contributed by atoms with Crippen molar-refractivity contribution in [2.75, 3.05) is 0 Å². The Morgan fingerprint density at radius 2 is 1.60 bits per heavy atom. The number of hydrogen-bond acceptors (Lipinski definition) is 7. The van der Waals surface area contributed by atoms with Gasteiger partial charge in [0.2, 0.25) is 0 Å². The van der Waals surface area contributed by atoms with E-state index < -0.39 is 29.4 Å². The number of nitrogens with zero attached hydrogens (tertiary/aromatic N) is 2. The maximum Gasteiger partial charge on any atom is 0.419 e. The minimum absolute atomic E-state index is 0.250. The number of nitrogens with one attached hydrogen (secondary N) is 1. The van der Waals surface area contributed by atoms with Crippen LogP contribution in [0.15, 0.2) is 12.5 Å². The van der Waals surface area contributed by atoms with Crippen LogP contribution in [0.2, 0.25) is 0 Å². The van der Waals surface area contributed by atoms with Gasteiger partial charge in [0, 0.05) is 6.20 Å². The zero-order chi connectivity index (χ0) is 19.8. The Kier molecular flexibility index (Phi) is 8.02. The second-order valence-corrected chi connectivity index (χ2v) is 7.14. The molecule has 1 heterocycles. The van der Waals surface area contributed by atoms with E-state index in [0.29, 0.717) is 5.69 Å². The first-order chi connectivity index (χ1) is 11.3. The lowest BCUT2D eigenvalue weighted by Gasteiger charge is -2.21. The quantitative estimate of drug-likeness (QED) is 0.866. The highest BCUT2D eigenvalue weighted by atomic mass is 16.6. The highest BCUT2D eigenvalue weighted by molar-refractivity contribution is 5.71. The van der Waals surface area contributed by atoms with Crippen LogP contribution >= 0.6 is 0 Å². The molecule has 0 aliphatic heterocycles. The molecule has 1 aromatic rings. The Morgan fingerprint density at radius 1 is 1.12 bits per heavy atom. The predicted octanol–water partition coefficient (Wildman–Crippen LogP) is 2.67. The average molecular weight is 355 g/mol. The molecule has 0 bridgehead atoms. The topological polar surface area (TPSA) is 117 Å². The number of hydrogen-bond donors (Lipinski definition) is 1. The fraction of sp³-hybridized carbons (Fsp3) is 0.625. The SMILES string of the molecule is CC(NC(=O)OC(C)(C)C)c1cn(C(=O)OC(C)(C)C)cn1.O=C=O.